The molecular weight excluding hydrogens is 430 g/mol. The van der Waals surface area contributed by atoms with Gasteiger partial charge in [-0.25, -0.2) is 0 Å². The summed E-state index contributed by atoms with van der Waals surface area (Å²) in [6.45, 7) is 4.98. The smallest absolute Gasteiger partial charge is 0.253 e. The van der Waals surface area contributed by atoms with Crippen LogP contribution in [0, 0.1) is 13.8 Å². The first kappa shape index (κ1) is 22.6. The molecule has 0 saturated heterocycles. The summed E-state index contributed by atoms with van der Waals surface area (Å²) in [6.07, 6.45) is 0. The predicted octanol–water partition coefficient (Wildman–Crippen LogP) is 5.55. The fourth-order valence-corrected chi connectivity index (χ4v) is 4.01. The van der Waals surface area contributed by atoms with Gasteiger partial charge in [0.05, 0.1) is 13.7 Å². The second-order valence-corrected chi connectivity index (χ2v) is 8.60. The van der Waals surface area contributed by atoms with Crippen molar-refractivity contribution in [1.82, 2.24) is 9.88 Å². The second-order valence-electron chi connectivity index (χ2n) is 8.22. The van der Waals surface area contributed by atoms with Crippen molar-refractivity contribution in [2.24, 2.45) is 0 Å². The number of hydrogen-bond acceptors (Lipinski definition) is 3. The minimum absolute atomic E-state index is 0.105. The van der Waals surface area contributed by atoms with Crippen LogP contribution >= 0.6 is 12.2 Å². The Kier molecular flexibility index (Phi) is 6.75. The molecule has 1 aromatic heterocycles. The Morgan fingerprint density at radius 3 is 2.45 bits per heavy atom. The number of nitrogens with one attached hydrogen (secondary N) is 2. The minimum atomic E-state index is -0.105. The van der Waals surface area contributed by atoms with E-state index in [1.165, 1.54) is 0 Å². The molecule has 4 aromatic rings. The topological polar surface area (TPSA) is 57.4 Å². The molecule has 0 unspecified atom stereocenters. The SMILES string of the molecule is COc1ccc(CN(Cc2cc3ccc(C)cc3[nH]c2=O)C(=S)Nc2cccc(C)c2)cc1. The van der Waals surface area contributed by atoms with Gasteiger partial charge in [-0.05, 0) is 84.5 Å². The highest BCUT2D eigenvalue weighted by Crippen LogP contribution is 2.18. The molecule has 0 aliphatic carbocycles. The van der Waals surface area contributed by atoms with Gasteiger partial charge in [0.25, 0.3) is 5.56 Å². The van der Waals surface area contributed by atoms with E-state index in [1.807, 2.05) is 91.5 Å². The van der Waals surface area contributed by atoms with E-state index in [1.54, 1.807) is 7.11 Å². The first-order chi connectivity index (χ1) is 15.9. The Labute approximate surface area is 199 Å². The molecule has 6 heteroatoms. The van der Waals surface area contributed by atoms with E-state index >= 15 is 0 Å². The van der Waals surface area contributed by atoms with Crippen LogP contribution in [-0.2, 0) is 13.1 Å². The van der Waals surface area contributed by atoms with Gasteiger partial charge in [0.1, 0.15) is 5.75 Å². The Bertz CT molecular complexity index is 1350. The van der Waals surface area contributed by atoms with Gasteiger partial charge in [-0.1, -0.05) is 36.4 Å². The number of fused-ring (bicyclic) bond motifs is 1. The van der Waals surface area contributed by atoms with Crippen LogP contribution in [0.25, 0.3) is 10.9 Å². The highest BCUT2D eigenvalue weighted by atomic mass is 32.1. The summed E-state index contributed by atoms with van der Waals surface area (Å²) in [5, 5.41) is 4.88. The number of pyridine rings is 1. The van der Waals surface area contributed by atoms with Crippen molar-refractivity contribution >= 4 is 33.9 Å². The fourth-order valence-electron chi connectivity index (χ4n) is 3.76. The van der Waals surface area contributed by atoms with Crippen molar-refractivity contribution in [3.63, 3.8) is 0 Å². The number of rotatable bonds is 6. The number of benzene rings is 3. The lowest BCUT2D eigenvalue weighted by Crippen LogP contribution is -2.35. The van der Waals surface area contributed by atoms with E-state index in [2.05, 4.69) is 10.3 Å². The molecule has 1 heterocycles. The van der Waals surface area contributed by atoms with Crippen LogP contribution in [0.5, 0.6) is 5.75 Å². The molecule has 0 aliphatic heterocycles. The monoisotopic (exact) mass is 457 g/mol. The maximum Gasteiger partial charge on any atom is 0.253 e. The highest BCUT2D eigenvalue weighted by molar-refractivity contribution is 7.80. The molecule has 0 atom stereocenters. The molecule has 5 nitrogen and oxygen atoms in total. The van der Waals surface area contributed by atoms with Crippen LogP contribution < -0.4 is 15.6 Å². The number of methoxy groups -OCH3 is 1. The molecule has 0 fully saturated rings. The van der Waals surface area contributed by atoms with E-state index in [0.29, 0.717) is 23.8 Å². The summed E-state index contributed by atoms with van der Waals surface area (Å²) in [5.74, 6) is 0.798. The van der Waals surface area contributed by atoms with Crippen LogP contribution in [0.4, 0.5) is 5.69 Å². The van der Waals surface area contributed by atoms with Crippen molar-refractivity contribution < 1.29 is 4.74 Å². The maximum atomic E-state index is 12.9. The van der Waals surface area contributed by atoms with Gasteiger partial charge < -0.3 is 19.9 Å². The van der Waals surface area contributed by atoms with E-state index in [4.69, 9.17) is 17.0 Å². The molecule has 0 aliphatic rings. The number of thiocarbonyl (C=S) groups is 1. The number of anilines is 1. The zero-order valence-electron chi connectivity index (χ0n) is 19.0. The van der Waals surface area contributed by atoms with Crippen LogP contribution in [-0.4, -0.2) is 22.1 Å². The van der Waals surface area contributed by atoms with Crippen molar-refractivity contribution in [2.75, 3.05) is 12.4 Å². The lowest BCUT2D eigenvalue weighted by atomic mass is 10.1. The fraction of sp³-hybridized carbons (Fsp3) is 0.185. The predicted molar refractivity (Wildman–Crippen MR) is 139 cm³/mol. The van der Waals surface area contributed by atoms with E-state index in [9.17, 15) is 4.79 Å². The van der Waals surface area contributed by atoms with Gasteiger partial charge in [-0.2, -0.15) is 0 Å². The summed E-state index contributed by atoms with van der Waals surface area (Å²) in [5.41, 5.74) is 5.63. The van der Waals surface area contributed by atoms with Gasteiger partial charge in [-0.3, -0.25) is 4.79 Å². The van der Waals surface area contributed by atoms with Crippen LogP contribution in [0.2, 0.25) is 0 Å². The number of aryl methyl sites for hydroxylation is 2. The number of ether oxygens (including phenoxy) is 1. The van der Waals surface area contributed by atoms with Crippen LogP contribution in [0.15, 0.2) is 77.6 Å². The van der Waals surface area contributed by atoms with Crippen molar-refractivity contribution in [3.8, 4) is 5.75 Å². The lowest BCUT2D eigenvalue weighted by molar-refractivity contribution is 0.406. The van der Waals surface area contributed by atoms with Gasteiger partial charge in [0, 0.05) is 23.3 Å². The molecule has 168 valence electrons. The summed E-state index contributed by atoms with van der Waals surface area (Å²) >= 11 is 5.78. The molecular formula is C27H27N3O2S. The molecule has 0 radical (unpaired) electrons. The zero-order chi connectivity index (χ0) is 23.4. The Morgan fingerprint density at radius 2 is 1.73 bits per heavy atom. The van der Waals surface area contributed by atoms with E-state index < -0.39 is 0 Å². The van der Waals surface area contributed by atoms with Crippen molar-refractivity contribution in [3.05, 3.63) is 105 Å². The van der Waals surface area contributed by atoms with Crippen LogP contribution in [0.1, 0.15) is 22.3 Å². The number of aromatic amines is 1. The first-order valence-electron chi connectivity index (χ1n) is 10.8. The Balaban J connectivity index is 1.64. The molecule has 2 N–H and O–H groups in total. The average molecular weight is 458 g/mol. The van der Waals surface area contributed by atoms with Crippen LogP contribution in [0.3, 0.4) is 0 Å². The molecule has 4 rings (SSSR count). The molecule has 0 amide bonds. The van der Waals surface area contributed by atoms with Gasteiger partial charge in [0.15, 0.2) is 5.11 Å². The third-order valence-corrected chi connectivity index (χ3v) is 5.89. The Hall–Kier alpha value is -3.64. The number of nitrogens with zero attached hydrogens (tertiary/aromatic N) is 1. The second kappa shape index (κ2) is 9.88. The third kappa shape index (κ3) is 5.59. The standard InChI is InChI=1S/C27H27N3O2S/c1-18-5-4-6-23(13-18)28-27(33)30(16-20-8-11-24(32-3)12-9-20)17-22-15-21-10-7-19(2)14-25(21)29-26(22)31/h4-15H,16-17H2,1-3H3,(H,28,33)(H,29,31). The first-order valence-corrected chi connectivity index (χ1v) is 11.2. The molecule has 3 aromatic carbocycles. The quantitative estimate of drug-likeness (QED) is 0.372. The third-order valence-electron chi connectivity index (χ3n) is 5.53. The minimum Gasteiger partial charge on any atom is -0.497 e. The maximum absolute atomic E-state index is 12.9. The molecule has 0 bridgehead atoms. The summed E-state index contributed by atoms with van der Waals surface area (Å²) < 4.78 is 5.28. The number of H-pyrrole nitrogens is 1. The average Bonchev–Trinajstić information content (AvgIpc) is 2.79. The van der Waals surface area contributed by atoms with Gasteiger partial charge in [-0.15, -0.1) is 0 Å². The van der Waals surface area contributed by atoms with Crippen molar-refractivity contribution in [1.29, 1.82) is 0 Å². The zero-order valence-corrected chi connectivity index (χ0v) is 19.8. The number of hydrogen-bond donors (Lipinski definition) is 2. The Morgan fingerprint density at radius 1 is 0.970 bits per heavy atom. The lowest BCUT2D eigenvalue weighted by Gasteiger charge is -2.26. The highest BCUT2D eigenvalue weighted by Gasteiger charge is 2.15. The molecule has 0 saturated carbocycles. The van der Waals surface area contributed by atoms with Gasteiger partial charge >= 0.3 is 0 Å². The molecule has 33 heavy (non-hydrogen) atoms. The van der Waals surface area contributed by atoms with Crippen molar-refractivity contribution in [2.45, 2.75) is 26.9 Å². The molecule has 0 spiro atoms. The summed E-state index contributed by atoms with van der Waals surface area (Å²) in [7, 11) is 1.65. The van der Waals surface area contributed by atoms with Gasteiger partial charge in [0.2, 0.25) is 0 Å². The van der Waals surface area contributed by atoms with E-state index in [0.717, 1.165) is 39.0 Å². The van der Waals surface area contributed by atoms with E-state index in [-0.39, 0.29) is 5.56 Å². The normalized spacial score (nSPS) is 10.8. The summed E-state index contributed by atoms with van der Waals surface area (Å²) in [4.78, 5) is 17.9. The largest absolute Gasteiger partial charge is 0.497 e. The summed E-state index contributed by atoms with van der Waals surface area (Å²) in [6, 6.07) is 23.9. The number of aromatic nitrogens is 1.